The highest BCUT2D eigenvalue weighted by Gasteiger charge is 2.33. The highest BCUT2D eigenvalue weighted by atomic mass is 19.2. The van der Waals surface area contributed by atoms with Crippen molar-refractivity contribution in [3.05, 3.63) is 48.3 Å². The Morgan fingerprint density at radius 1 is 0.903 bits per heavy atom. The van der Waals surface area contributed by atoms with Gasteiger partial charge in [-0.25, -0.2) is 8.78 Å². The molecule has 0 N–H and O–H groups in total. The molecule has 4 rings (SSSR count). The number of hydrogen-bond acceptors (Lipinski definition) is 2. The number of nitrogens with zero attached hydrogens (tertiary/aromatic N) is 1. The maximum absolute atomic E-state index is 13.2. The van der Waals surface area contributed by atoms with Crippen LogP contribution in [0.2, 0.25) is 0 Å². The van der Waals surface area contributed by atoms with Crippen molar-refractivity contribution in [2.45, 2.75) is 71.1 Å². The smallest absolute Gasteiger partial charge is 0.314 e. The second-order valence-corrected chi connectivity index (χ2v) is 9.46. The van der Waals surface area contributed by atoms with E-state index < -0.39 is 11.6 Å². The highest BCUT2D eigenvalue weighted by Crippen LogP contribution is 2.42. The van der Waals surface area contributed by atoms with E-state index in [2.05, 4.69) is 6.92 Å². The minimum absolute atomic E-state index is 0.0278. The molecule has 0 bridgehead atoms. The van der Waals surface area contributed by atoms with Gasteiger partial charge >= 0.3 is 5.97 Å². The molecule has 2 aliphatic rings. The lowest BCUT2D eigenvalue weighted by Crippen LogP contribution is -2.30. The molecule has 0 amide bonds. The fourth-order valence-electron chi connectivity index (χ4n) is 5.62. The number of carbonyl (C=O) groups excluding carboxylic acids is 1. The molecular formula is C26H33F2NO2. The summed E-state index contributed by atoms with van der Waals surface area (Å²) in [4.78, 5) is 12.6. The zero-order chi connectivity index (χ0) is 21.8. The zero-order valence-corrected chi connectivity index (χ0v) is 18.4. The van der Waals surface area contributed by atoms with Gasteiger partial charge < -0.3 is 9.30 Å². The van der Waals surface area contributed by atoms with Crippen LogP contribution in [-0.4, -0.2) is 10.5 Å². The number of halogens is 2. The normalized spacial score (nSPS) is 26.5. The van der Waals surface area contributed by atoms with Crippen molar-refractivity contribution in [3.8, 4) is 11.4 Å². The number of ether oxygens (including phenoxy) is 1. The largest absolute Gasteiger partial charge is 0.426 e. The van der Waals surface area contributed by atoms with Gasteiger partial charge in [0.2, 0.25) is 0 Å². The first-order valence-corrected chi connectivity index (χ1v) is 11.9. The molecule has 5 heteroatoms. The van der Waals surface area contributed by atoms with E-state index in [9.17, 15) is 13.6 Å². The molecule has 2 aliphatic carbocycles. The van der Waals surface area contributed by atoms with Crippen LogP contribution in [0.1, 0.15) is 71.1 Å². The van der Waals surface area contributed by atoms with Crippen molar-refractivity contribution in [3.63, 3.8) is 0 Å². The second-order valence-electron chi connectivity index (χ2n) is 9.46. The lowest BCUT2D eigenvalue weighted by atomic mass is 9.69. The number of rotatable bonds is 6. The minimum atomic E-state index is -0.889. The van der Waals surface area contributed by atoms with Crippen molar-refractivity contribution in [2.75, 3.05) is 0 Å². The molecule has 2 fully saturated rings. The maximum atomic E-state index is 13.2. The van der Waals surface area contributed by atoms with E-state index in [0.717, 1.165) is 55.8 Å². The van der Waals surface area contributed by atoms with Gasteiger partial charge in [-0.05, 0) is 80.5 Å². The molecule has 1 heterocycles. The Bertz CT molecular complexity index is 841. The van der Waals surface area contributed by atoms with Gasteiger partial charge in [-0.3, -0.25) is 4.79 Å². The Kier molecular flexibility index (Phi) is 7.09. The fourth-order valence-corrected chi connectivity index (χ4v) is 5.62. The molecule has 2 saturated carbocycles. The molecule has 0 saturated heterocycles. The van der Waals surface area contributed by atoms with E-state index in [0.29, 0.717) is 11.4 Å². The Hall–Kier alpha value is -2.17. The molecule has 0 atom stereocenters. The summed E-state index contributed by atoms with van der Waals surface area (Å²) in [6.45, 7) is 2.28. The number of carbonyl (C=O) groups is 1. The number of esters is 1. The summed E-state index contributed by atoms with van der Waals surface area (Å²) in [7, 11) is 0. The molecule has 31 heavy (non-hydrogen) atoms. The van der Waals surface area contributed by atoms with E-state index in [4.69, 9.17) is 4.74 Å². The first kappa shape index (κ1) is 22.0. The van der Waals surface area contributed by atoms with Crippen LogP contribution >= 0.6 is 0 Å². The standard InChI is InChI=1S/C26H33F2NO2/c1-2-3-18-4-6-19(7-5-18)20-8-10-21(11-9-20)26(30)31-23-14-12-22(13-15-23)29-16-24(27)25(28)17-29/h12-21H,2-11H2,1H3. The van der Waals surface area contributed by atoms with Gasteiger partial charge in [-0.2, -0.15) is 0 Å². The van der Waals surface area contributed by atoms with Gasteiger partial charge in [0.25, 0.3) is 0 Å². The number of benzene rings is 1. The molecule has 0 radical (unpaired) electrons. The van der Waals surface area contributed by atoms with Gasteiger partial charge in [0.15, 0.2) is 11.6 Å². The molecule has 0 spiro atoms. The molecule has 1 aromatic heterocycles. The van der Waals surface area contributed by atoms with Crippen molar-refractivity contribution in [1.29, 1.82) is 0 Å². The molecule has 168 valence electrons. The van der Waals surface area contributed by atoms with Gasteiger partial charge in [0.05, 0.1) is 5.92 Å². The average molecular weight is 430 g/mol. The van der Waals surface area contributed by atoms with Crippen LogP contribution in [0.15, 0.2) is 36.7 Å². The average Bonchev–Trinajstić information content (AvgIpc) is 3.13. The second kappa shape index (κ2) is 9.97. The molecule has 1 aromatic carbocycles. The van der Waals surface area contributed by atoms with Crippen molar-refractivity contribution in [2.24, 2.45) is 23.7 Å². The first-order chi connectivity index (χ1) is 15.0. The van der Waals surface area contributed by atoms with Crippen LogP contribution in [0.5, 0.6) is 5.75 Å². The molecule has 0 aliphatic heterocycles. The van der Waals surface area contributed by atoms with E-state index in [-0.39, 0.29) is 11.9 Å². The Morgan fingerprint density at radius 2 is 1.45 bits per heavy atom. The molecule has 2 aromatic rings. The van der Waals surface area contributed by atoms with E-state index in [1.54, 1.807) is 24.3 Å². The van der Waals surface area contributed by atoms with Crippen molar-refractivity contribution >= 4 is 5.97 Å². The predicted molar refractivity (Wildman–Crippen MR) is 117 cm³/mol. The van der Waals surface area contributed by atoms with Crippen molar-refractivity contribution in [1.82, 2.24) is 4.57 Å². The van der Waals surface area contributed by atoms with E-state index >= 15 is 0 Å². The maximum Gasteiger partial charge on any atom is 0.314 e. The third-order valence-electron chi connectivity index (χ3n) is 7.45. The number of hydrogen-bond donors (Lipinski definition) is 0. The lowest BCUT2D eigenvalue weighted by Gasteiger charge is -2.37. The fraction of sp³-hybridized carbons (Fsp3) is 0.577. The Labute approximate surface area is 183 Å². The monoisotopic (exact) mass is 429 g/mol. The van der Waals surface area contributed by atoms with E-state index in [1.807, 2.05) is 0 Å². The molecule has 3 nitrogen and oxygen atoms in total. The summed E-state index contributed by atoms with van der Waals surface area (Å²) in [5.74, 6) is 1.07. The summed E-state index contributed by atoms with van der Waals surface area (Å²) in [5.41, 5.74) is 0.608. The summed E-state index contributed by atoms with van der Waals surface area (Å²) < 4.78 is 33.4. The quantitative estimate of drug-likeness (QED) is 0.363. The van der Waals surface area contributed by atoms with Gasteiger partial charge in [0.1, 0.15) is 5.75 Å². The highest BCUT2D eigenvalue weighted by molar-refractivity contribution is 5.75. The van der Waals surface area contributed by atoms with Crippen LogP contribution < -0.4 is 4.74 Å². The topological polar surface area (TPSA) is 31.2 Å². The zero-order valence-electron chi connectivity index (χ0n) is 18.4. The summed E-state index contributed by atoms with van der Waals surface area (Å²) in [6.07, 6.45) is 14.5. The summed E-state index contributed by atoms with van der Waals surface area (Å²) in [5, 5.41) is 0. The van der Waals surface area contributed by atoms with Gasteiger partial charge in [-0.15, -0.1) is 0 Å². The third kappa shape index (κ3) is 5.36. The first-order valence-electron chi connectivity index (χ1n) is 11.9. The van der Waals surface area contributed by atoms with Crippen LogP contribution in [0, 0.1) is 35.3 Å². The van der Waals surface area contributed by atoms with Crippen LogP contribution in [-0.2, 0) is 4.79 Å². The number of aromatic nitrogens is 1. The lowest BCUT2D eigenvalue weighted by molar-refractivity contribution is -0.140. The van der Waals surface area contributed by atoms with E-state index in [1.165, 1.54) is 43.1 Å². The Balaban J connectivity index is 1.25. The van der Waals surface area contributed by atoms with Crippen LogP contribution in [0.3, 0.4) is 0 Å². The molecular weight excluding hydrogens is 396 g/mol. The van der Waals surface area contributed by atoms with Gasteiger partial charge in [-0.1, -0.05) is 32.6 Å². The van der Waals surface area contributed by atoms with Crippen LogP contribution in [0.25, 0.3) is 5.69 Å². The third-order valence-corrected chi connectivity index (χ3v) is 7.45. The summed E-state index contributed by atoms with van der Waals surface area (Å²) >= 11 is 0. The van der Waals surface area contributed by atoms with Crippen LogP contribution in [0.4, 0.5) is 8.78 Å². The Morgan fingerprint density at radius 3 is 2.00 bits per heavy atom. The summed E-state index contributed by atoms with van der Waals surface area (Å²) in [6, 6.07) is 6.72. The van der Waals surface area contributed by atoms with Crippen molar-refractivity contribution < 1.29 is 18.3 Å². The molecule has 0 unspecified atom stereocenters. The van der Waals surface area contributed by atoms with Gasteiger partial charge in [0, 0.05) is 18.1 Å². The SMILES string of the molecule is CCCC1CCC(C2CCC(C(=O)Oc3ccc(-n4cc(F)c(F)c4)cc3)CC2)CC1. The predicted octanol–water partition coefficient (Wildman–Crippen LogP) is 7.07. The minimum Gasteiger partial charge on any atom is -0.426 e.